The van der Waals surface area contributed by atoms with Gasteiger partial charge in [-0.25, -0.2) is 0 Å². The van der Waals surface area contributed by atoms with E-state index in [4.69, 9.17) is 4.98 Å². The molecule has 4 aromatic carbocycles. The fraction of sp³-hybridized carbons (Fsp3) is 0.182. The van der Waals surface area contributed by atoms with Crippen molar-refractivity contribution in [1.29, 1.82) is 0 Å². The summed E-state index contributed by atoms with van der Waals surface area (Å²) < 4.78 is 0. The van der Waals surface area contributed by atoms with E-state index in [1.165, 1.54) is 43.4 Å². The summed E-state index contributed by atoms with van der Waals surface area (Å²) in [6.45, 7) is 14.3. The third-order valence-corrected chi connectivity index (χ3v) is 11.2. The van der Waals surface area contributed by atoms with Crippen molar-refractivity contribution in [2.45, 2.75) is 39.3 Å². The molecule has 0 saturated heterocycles. The van der Waals surface area contributed by atoms with Crippen LogP contribution in [0.3, 0.4) is 0 Å². The van der Waals surface area contributed by atoms with Gasteiger partial charge in [-0.1, -0.05) is 129 Å². The van der Waals surface area contributed by atoms with E-state index in [-0.39, 0.29) is 0 Å². The minimum Gasteiger partial charge on any atom is -0.256 e. The Morgan fingerprint density at radius 3 is 1.33 bits per heavy atom. The minimum atomic E-state index is -1.29. The first-order valence-electron chi connectivity index (χ1n) is 12.8. The Morgan fingerprint density at radius 2 is 0.861 bits per heavy atom. The summed E-state index contributed by atoms with van der Waals surface area (Å²) in [5.41, 5.74) is 7.07. The summed E-state index contributed by atoms with van der Waals surface area (Å²) in [6.07, 6.45) is 2.00. The highest BCUT2D eigenvalue weighted by Gasteiger charge is 2.17. The second-order valence-corrected chi connectivity index (χ2v) is 22.0. The predicted octanol–water partition coefficient (Wildman–Crippen LogP) is 8.33. The van der Waals surface area contributed by atoms with Crippen molar-refractivity contribution in [2.24, 2.45) is 0 Å². The molecule has 5 rings (SSSR count). The lowest BCUT2D eigenvalue weighted by atomic mass is 9.98. The highest BCUT2D eigenvalue weighted by Crippen LogP contribution is 2.29. The molecule has 0 fully saturated rings. The maximum Gasteiger partial charge on any atom is 0.0775 e. The Morgan fingerprint density at radius 1 is 0.417 bits per heavy atom. The molecular weight excluding hydrogens is 467 g/mol. The Balaban J connectivity index is 1.42. The highest BCUT2D eigenvalue weighted by molar-refractivity contribution is 6.89. The maximum absolute atomic E-state index is 4.80. The monoisotopic (exact) mass is 501 g/mol. The number of benzene rings is 4. The minimum absolute atomic E-state index is 1.02. The highest BCUT2D eigenvalue weighted by atomic mass is 28.3. The molecular formula is C33H35NSi2. The number of fused-ring (bicyclic) bond motifs is 1. The van der Waals surface area contributed by atoms with Gasteiger partial charge in [0, 0.05) is 17.3 Å². The molecule has 0 aliphatic rings. The summed E-state index contributed by atoms with van der Waals surface area (Å²) in [7, 11) is -2.57. The van der Waals surface area contributed by atoms with Crippen molar-refractivity contribution in [3.05, 3.63) is 103 Å². The molecule has 0 spiro atoms. The van der Waals surface area contributed by atoms with Crippen molar-refractivity contribution < 1.29 is 0 Å². The molecule has 0 atom stereocenters. The second-order valence-electron chi connectivity index (χ2n) is 11.9. The number of hydrogen-bond donors (Lipinski definition) is 0. The topological polar surface area (TPSA) is 12.9 Å². The molecule has 1 nitrogen and oxygen atoms in total. The fourth-order valence-electron chi connectivity index (χ4n) is 4.64. The molecule has 0 N–H and O–H groups in total. The van der Waals surface area contributed by atoms with Crippen LogP contribution in [0.25, 0.3) is 44.3 Å². The van der Waals surface area contributed by atoms with Gasteiger partial charge in [0.1, 0.15) is 0 Å². The lowest BCUT2D eigenvalue weighted by molar-refractivity contribution is 1.33. The van der Waals surface area contributed by atoms with Crippen LogP contribution in [0.5, 0.6) is 0 Å². The van der Waals surface area contributed by atoms with Crippen LogP contribution in [0.15, 0.2) is 103 Å². The molecule has 0 amide bonds. The number of aromatic nitrogens is 1. The standard InChI is InChI=1S/C33H35NSi2/c1-35(2,3)31-16-11-24(12-17-31)27-9-7-25-8-10-28(22-30(25)21-27)29-15-20-33(34-23-29)26-13-18-32(19-14-26)36(4,5)6/h7-23H,1-6H3. The van der Waals surface area contributed by atoms with E-state index in [9.17, 15) is 0 Å². The van der Waals surface area contributed by atoms with Crippen molar-refractivity contribution in [3.8, 4) is 33.5 Å². The zero-order valence-electron chi connectivity index (χ0n) is 22.3. The normalized spacial score (nSPS) is 12.2. The van der Waals surface area contributed by atoms with Gasteiger partial charge >= 0.3 is 0 Å². The van der Waals surface area contributed by atoms with Crippen molar-refractivity contribution in [1.82, 2.24) is 4.98 Å². The van der Waals surface area contributed by atoms with Crippen molar-refractivity contribution >= 4 is 37.3 Å². The number of rotatable bonds is 5. The predicted molar refractivity (Wildman–Crippen MR) is 164 cm³/mol. The van der Waals surface area contributed by atoms with Gasteiger partial charge in [0.2, 0.25) is 0 Å². The van der Waals surface area contributed by atoms with Crippen LogP contribution < -0.4 is 10.4 Å². The third-order valence-electron chi connectivity index (χ3n) is 7.07. The van der Waals surface area contributed by atoms with Gasteiger partial charge in [0.05, 0.1) is 21.8 Å². The van der Waals surface area contributed by atoms with E-state index >= 15 is 0 Å². The molecule has 0 saturated carbocycles. The average molecular weight is 502 g/mol. The first-order chi connectivity index (χ1) is 17.1. The van der Waals surface area contributed by atoms with E-state index in [1.54, 1.807) is 0 Å². The first-order valence-corrected chi connectivity index (χ1v) is 19.8. The first kappa shape index (κ1) is 24.4. The number of nitrogens with zero attached hydrogens (tertiary/aromatic N) is 1. The summed E-state index contributed by atoms with van der Waals surface area (Å²) in [5, 5.41) is 5.49. The molecule has 180 valence electrons. The average Bonchev–Trinajstić information content (AvgIpc) is 2.87. The Bertz CT molecular complexity index is 1500. The van der Waals surface area contributed by atoms with Crippen LogP contribution in [0, 0.1) is 0 Å². The third kappa shape index (κ3) is 5.13. The lowest BCUT2D eigenvalue weighted by Crippen LogP contribution is -2.37. The molecule has 3 heteroatoms. The van der Waals surface area contributed by atoms with Gasteiger partial charge in [0.15, 0.2) is 0 Å². The quantitative estimate of drug-likeness (QED) is 0.221. The second kappa shape index (κ2) is 9.31. The summed E-state index contributed by atoms with van der Waals surface area (Å²) in [6, 6.07) is 35.9. The maximum atomic E-state index is 4.80. The van der Waals surface area contributed by atoms with Gasteiger partial charge in [0.25, 0.3) is 0 Å². The van der Waals surface area contributed by atoms with E-state index in [0.717, 1.165) is 11.3 Å². The number of pyridine rings is 1. The van der Waals surface area contributed by atoms with Crippen LogP contribution >= 0.6 is 0 Å². The summed E-state index contributed by atoms with van der Waals surface area (Å²) in [4.78, 5) is 4.80. The van der Waals surface area contributed by atoms with Crippen LogP contribution in [0.4, 0.5) is 0 Å². The Hall–Kier alpha value is -3.28. The van der Waals surface area contributed by atoms with Gasteiger partial charge in [-0.15, -0.1) is 0 Å². The zero-order valence-corrected chi connectivity index (χ0v) is 24.3. The molecule has 1 heterocycles. The fourth-order valence-corrected chi connectivity index (χ4v) is 6.98. The molecule has 0 aliphatic heterocycles. The molecule has 36 heavy (non-hydrogen) atoms. The van der Waals surface area contributed by atoms with E-state index in [2.05, 4.69) is 136 Å². The molecule has 0 unspecified atom stereocenters. The van der Waals surface area contributed by atoms with Crippen molar-refractivity contribution in [3.63, 3.8) is 0 Å². The summed E-state index contributed by atoms with van der Waals surface area (Å²) in [5.74, 6) is 0. The zero-order chi connectivity index (χ0) is 25.5. The SMILES string of the molecule is C[Si](C)(C)c1ccc(-c2ccc3ccc(-c4ccc(-c5ccc([Si](C)(C)C)cc5)nc4)cc3c2)cc1. The molecule has 0 aliphatic carbocycles. The Kier molecular flexibility index (Phi) is 6.31. The summed E-state index contributed by atoms with van der Waals surface area (Å²) >= 11 is 0. The smallest absolute Gasteiger partial charge is 0.0775 e. The van der Waals surface area contributed by atoms with Gasteiger partial charge in [-0.2, -0.15) is 0 Å². The lowest BCUT2D eigenvalue weighted by Gasteiger charge is -2.17. The Labute approximate surface area is 217 Å². The van der Waals surface area contributed by atoms with E-state index in [1.807, 2.05) is 6.20 Å². The molecule has 0 radical (unpaired) electrons. The van der Waals surface area contributed by atoms with Gasteiger partial charge in [-0.3, -0.25) is 4.98 Å². The van der Waals surface area contributed by atoms with Crippen LogP contribution in [-0.2, 0) is 0 Å². The van der Waals surface area contributed by atoms with E-state index in [0.29, 0.717) is 0 Å². The van der Waals surface area contributed by atoms with Crippen LogP contribution in [0.2, 0.25) is 39.3 Å². The van der Waals surface area contributed by atoms with Crippen LogP contribution in [-0.4, -0.2) is 21.1 Å². The molecule has 1 aromatic heterocycles. The van der Waals surface area contributed by atoms with E-state index < -0.39 is 16.1 Å². The molecule has 5 aromatic rings. The van der Waals surface area contributed by atoms with Crippen molar-refractivity contribution in [2.75, 3.05) is 0 Å². The van der Waals surface area contributed by atoms with Gasteiger partial charge < -0.3 is 0 Å². The molecule has 0 bridgehead atoms. The van der Waals surface area contributed by atoms with Gasteiger partial charge in [-0.05, 0) is 45.7 Å². The number of hydrogen-bond acceptors (Lipinski definition) is 1. The largest absolute Gasteiger partial charge is 0.256 e. The van der Waals surface area contributed by atoms with Crippen LogP contribution in [0.1, 0.15) is 0 Å².